The van der Waals surface area contributed by atoms with Gasteiger partial charge in [-0.05, 0) is 23.8 Å². The second-order valence-corrected chi connectivity index (χ2v) is 3.46. The van der Waals surface area contributed by atoms with Crippen molar-refractivity contribution in [2.24, 2.45) is 0 Å². The van der Waals surface area contributed by atoms with Crippen molar-refractivity contribution < 1.29 is 5.11 Å². The lowest BCUT2D eigenvalue weighted by Crippen LogP contribution is -2.22. The molecule has 1 aromatic carbocycles. The van der Waals surface area contributed by atoms with Crippen LogP contribution in [0.2, 0.25) is 0 Å². The highest BCUT2D eigenvalue weighted by atomic mass is 16.3. The van der Waals surface area contributed by atoms with E-state index < -0.39 is 11.2 Å². The first-order valence-electron chi connectivity index (χ1n) is 4.94. The summed E-state index contributed by atoms with van der Waals surface area (Å²) in [6.07, 6.45) is 4.56. The lowest BCUT2D eigenvalue weighted by atomic mass is 10.2. The second-order valence-electron chi connectivity index (χ2n) is 3.46. The first kappa shape index (κ1) is 10.9. The SMILES string of the molecule is O=c1[nH]cc(/C=C/c2cccc(O)c2)c(=O)[nH]1. The summed E-state index contributed by atoms with van der Waals surface area (Å²) in [5, 5.41) is 9.25. The molecule has 5 nitrogen and oxygen atoms in total. The molecule has 0 aliphatic rings. The standard InChI is InChI=1S/C12H10N2O3/c15-10-3-1-2-8(6-10)4-5-9-7-13-12(17)14-11(9)16/h1-7,15H,(H2,13,14,16,17)/b5-4+. The van der Waals surface area contributed by atoms with Crippen molar-refractivity contribution in [3.63, 3.8) is 0 Å². The number of benzene rings is 1. The van der Waals surface area contributed by atoms with Crippen LogP contribution in [0.15, 0.2) is 40.1 Å². The van der Waals surface area contributed by atoms with Crippen LogP contribution in [0.3, 0.4) is 0 Å². The third-order valence-corrected chi connectivity index (χ3v) is 2.17. The van der Waals surface area contributed by atoms with Crippen LogP contribution in [0.1, 0.15) is 11.1 Å². The third kappa shape index (κ3) is 2.72. The molecule has 0 fully saturated rings. The van der Waals surface area contributed by atoms with Gasteiger partial charge in [0.15, 0.2) is 0 Å². The van der Waals surface area contributed by atoms with E-state index in [0.29, 0.717) is 5.56 Å². The molecule has 2 aromatic rings. The highest BCUT2D eigenvalue weighted by Gasteiger charge is 1.95. The summed E-state index contributed by atoms with van der Waals surface area (Å²) in [6, 6.07) is 6.61. The number of aromatic amines is 2. The molecule has 0 aliphatic carbocycles. The molecule has 1 aromatic heterocycles. The second kappa shape index (κ2) is 4.52. The van der Waals surface area contributed by atoms with Gasteiger partial charge in [0.05, 0.1) is 5.56 Å². The number of hydrogen-bond donors (Lipinski definition) is 3. The Labute approximate surface area is 96.1 Å². The first-order valence-corrected chi connectivity index (χ1v) is 4.94. The van der Waals surface area contributed by atoms with Gasteiger partial charge in [-0.3, -0.25) is 9.78 Å². The molecule has 0 atom stereocenters. The van der Waals surface area contributed by atoms with Crippen molar-refractivity contribution >= 4 is 12.2 Å². The number of rotatable bonds is 2. The van der Waals surface area contributed by atoms with Gasteiger partial charge in [0.25, 0.3) is 5.56 Å². The minimum absolute atomic E-state index is 0.155. The van der Waals surface area contributed by atoms with Gasteiger partial charge in [0, 0.05) is 6.20 Å². The molecule has 0 saturated carbocycles. The first-order chi connectivity index (χ1) is 8.15. The van der Waals surface area contributed by atoms with Crippen molar-refractivity contribution in [2.45, 2.75) is 0 Å². The predicted molar refractivity (Wildman–Crippen MR) is 64.7 cm³/mol. The molecule has 0 spiro atoms. The van der Waals surface area contributed by atoms with Crippen LogP contribution < -0.4 is 11.2 Å². The number of phenols is 1. The zero-order valence-corrected chi connectivity index (χ0v) is 8.81. The monoisotopic (exact) mass is 230 g/mol. The molecule has 0 aliphatic heterocycles. The highest BCUT2D eigenvalue weighted by molar-refractivity contribution is 5.69. The van der Waals surface area contributed by atoms with E-state index in [0.717, 1.165) is 5.56 Å². The van der Waals surface area contributed by atoms with E-state index in [1.165, 1.54) is 6.20 Å². The molecule has 0 amide bonds. The smallest absolute Gasteiger partial charge is 0.325 e. The largest absolute Gasteiger partial charge is 0.508 e. The number of H-pyrrole nitrogens is 2. The Kier molecular flexibility index (Phi) is 2.91. The van der Waals surface area contributed by atoms with E-state index >= 15 is 0 Å². The van der Waals surface area contributed by atoms with Crippen molar-refractivity contribution in [2.75, 3.05) is 0 Å². The molecule has 3 N–H and O–H groups in total. The normalized spacial score (nSPS) is 10.8. The van der Waals surface area contributed by atoms with E-state index in [4.69, 9.17) is 0 Å². The zero-order chi connectivity index (χ0) is 12.3. The fraction of sp³-hybridized carbons (Fsp3) is 0. The third-order valence-electron chi connectivity index (χ3n) is 2.17. The fourth-order valence-electron chi connectivity index (χ4n) is 1.36. The zero-order valence-electron chi connectivity index (χ0n) is 8.81. The number of hydrogen-bond acceptors (Lipinski definition) is 3. The van der Waals surface area contributed by atoms with E-state index in [1.807, 2.05) is 0 Å². The fourth-order valence-corrected chi connectivity index (χ4v) is 1.36. The highest BCUT2D eigenvalue weighted by Crippen LogP contribution is 2.12. The summed E-state index contributed by atoms with van der Waals surface area (Å²) in [6.45, 7) is 0. The van der Waals surface area contributed by atoms with Crippen molar-refractivity contribution in [1.82, 2.24) is 9.97 Å². The van der Waals surface area contributed by atoms with Gasteiger partial charge in [-0.1, -0.05) is 18.2 Å². The summed E-state index contributed by atoms with van der Waals surface area (Å²) in [4.78, 5) is 26.6. The molecule has 0 bridgehead atoms. The lowest BCUT2D eigenvalue weighted by molar-refractivity contribution is 0.475. The molecule has 0 unspecified atom stereocenters. The maximum atomic E-state index is 11.4. The molecule has 2 rings (SSSR count). The van der Waals surface area contributed by atoms with E-state index in [2.05, 4.69) is 9.97 Å². The van der Waals surface area contributed by atoms with Crippen LogP contribution in [0.4, 0.5) is 0 Å². The Bertz CT molecular complexity index is 668. The van der Waals surface area contributed by atoms with Crippen molar-refractivity contribution in [3.05, 3.63) is 62.4 Å². The van der Waals surface area contributed by atoms with E-state index in [-0.39, 0.29) is 5.75 Å². The average Bonchev–Trinajstić information content (AvgIpc) is 2.28. The molecule has 17 heavy (non-hydrogen) atoms. The molecule has 0 radical (unpaired) electrons. The van der Waals surface area contributed by atoms with Gasteiger partial charge in [-0.25, -0.2) is 4.79 Å². The van der Waals surface area contributed by atoms with Crippen LogP contribution in [-0.2, 0) is 0 Å². The topological polar surface area (TPSA) is 85.9 Å². The van der Waals surface area contributed by atoms with Crippen LogP contribution >= 0.6 is 0 Å². The van der Waals surface area contributed by atoms with E-state index in [1.54, 1.807) is 36.4 Å². The van der Waals surface area contributed by atoms with Gasteiger partial charge in [-0.2, -0.15) is 0 Å². The van der Waals surface area contributed by atoms with Gasteiger partial charge < -0.3 is 10.1 Å². The summed E-state index contributed by atoms with van der Waals surface area (Å²) in [5.74, 6) is 0.155. The summed E-state index contributed by atoms with van der Waals surface area (Å²) < 4.78 is 0. The van der Waals surface area contributed by atoms with Gasteiger partial charge in [0.2, 0.25) is 0 Å². The lowest BCUT2D eigenvalue weighted by Gasteiger charge is -1.94. The molecule has 5 heteroatoms. The number of phenolic OH excluding ortho intramolecular Hbond substituents is 1. The molecule has 1 heterocycles. The summed E-state index contributed by atoms with van der Waals surface area (Å²) in [7, 11) is 0. The number of aromatic nitrogens is 2. The Hall–Kier alpha value is -2.56. The minimum Gasteiger partial charge on any atom is -0.508 e. The maximum absolute atomic E-state index is 11.4. The van der Waals surface area contributed by atoms with Crippen LogP contribution in [-0.4, -0.2) is 15.1 Å². The Morgan fingerprint density at radius 2 is 2.00 bits per heavy atom. The quantitative estimate of drug-likeness (QED) is 0.717. The number of aromatic hydroxyl groups is 1. The number of nitrogens with one attached hydrogen (secondary N) is 2. The predicted octanol–water partition coefficient (Wildman–Crippen LogP) is 0.939. The Balaban J connectivity index is 2.32. The van der Waals surface area contributed by atoms with Gasteiger partial charge >= 0.3 is 5.69 Å². The van der Waals surface area contributed by atoms with Crippen molar-refractivity contribution in [3.8, 4) is 5.75 Å². The molecule has 0 saturated heterocycles. The van der Waals surface area contributed by atoms with E-state index in [9.17, 15) is 14.7 Å². The summed E-state index contributed by atoms with van der Waals surface area (Å²) >= 11 is 0. The minimum atomic E-state index is -0.537. The van der Waals surface area contributed by atoms with Crippen LogP contribution in [0.5, 0.6) is 5.75 Å². The van der Waals surface area contributed by atoms with Crippen LogP contribution in [0, 0.1) is 0 Å². The molecule has 86 valence electrons. The Morgan fingerprint density at radius 3 is 2.71 bits per heavy atom. The Morgan fingerprint density at radius 1 is 1.18 bits per heavy atom. The average molecular weight is 230 g/mol. The molecular formula is C12H10N2O3. The summed E-state index contributed by atoms with van der Waals surface area (Å²) in [5.41, 5.74) is 0.109. The maximum Gasteiger partial charge on any atom is 0.325 e. The van der Waals surface area contributed by atoms with Crippen molar-refractivity contribution in [1.29, 1.82) is 0 Å². The van der Waals surface area contributed by atoms with Crippen LogP contribution in [0.25, 0.3) is 12.2 Å². The van der Waals surface area contributed by atoms with Gasteiger partial charge in [0.1, 0.15) is 5.75 Å². The molecular weight excluding hydrogens is 220 g/mol. The van der Waals surface area contributed by atoms with Gasteiger partial charge in [-0.15, -0.1) is 0 Å².